The van der Waals surface area contributed by atoms with Crippen LogP contribution in [0.4, 0.5) is 0 Å². The zero-order valence-corrected chi connectivity index (χ0v) is 18.2. The molecule has 0 unspecified atom stereocenters. The molecule has 1 saturated heterocycles. The summed E-state index contributed by atoms with van der Waals surface area (Å²) in [5, 5.41) is 0.833. The molecule has 1 aromatic heterocycles. The normalized spacial score (nSPS) is 15.8. The van der Waals surface area contributed by atoms with Crippen LogP contribution in [-0.4, -0.2) is 35.9 Å². The van der Waals surface area contributed by atoms with E-state index in [1.807, 2.05) is 43.3 Å². The van der Waals surface area contributed by atoms with Crippen molar-refractivity contribution in [2.45, 2.75) is 39.2 Å². The van der Waals surface area contributed by atoms with Crippen LogP contribution in [0.25, 0.3) is 11.0 Å². The van der Waals surface area contributed by atoms with Crippen molar-refractivity contribution in [1.82, 2.24) is 4.90 Å². The Morgan fingerprint density at radius 2 is 1.88 bits per heavy atom. The number of hydrogen-bond acceptors (Lipinski definition) is 5. The van der Waals surface area contributed by atoms with Crippen LogP contribution < -0.4 is 16.1 Å². The lowest BCUT2D eigenvalue weighted by Crippen LogP contribution is -2.45. The maximum absolute atomic E-state index is 12.7. The van der Waals surface area contributed by atoms with E-state index in [9.17, 15) is 14.4 Å². The Morgan fingerprint density at radius 3 is 2.59 bits per heavy atom. The van der Waals surface area contributed by atoms with Gasteiger partial charge in [0.05, 0.1) is 0 Å². The first-order valence-corrected chi connectivity index (χ1v) is 10.7. The Balaban J connectivity index is 1.58. The standard InChI is InChI=1S/C25H26N2O5/c1-15-18-10-11-21(31-14-22(28)27-12-6-9-20(27)24(26)29)16(2)23(18)32-25(30)19(15)13-17-7-4-3-5-8-17/h3-5,7-8,10-11,20H,6,9,12-14H2,1-2H3,(H2,26,29)/t20-/m0/s1. The SMILES string of the molecule is Cc1c(Cc2ccccc2)c(=O)oc2c(C)c(OCC(=O)N3CCC[C@H]3C(N)=O)ccc12. The van der Waals surface area contributed by atoms with Gasteiger partial charge < -0.3 is 19.8 Å². The Kier molecular flexibility index (Phi) is 5.99. The van der Waals surface area contributed by atoms with Gasteiger partial charge in [0, 0.05) is 29.5 Å². The van der Waals surface area contributed by atoms with E-state index in [1.165, 1.54) is 4.90 Å². The highest BCUT2D eigenvalue weighted by Gasteiger charge is 2.32. The second-order valence-electron chi connectivity index (χ2n) is 8.16. The van der Waals surface area contributed by atoms with Crippen LogP contribution in [0, 0.1) is 13.8 Å². The molecule has 7 heteroatoms. The van der Waals surface area contributed by atoms with E-state index >= 15 is 0 Å². The van der Waals surface area contributed by atoms with Crippen LogP contribution in [0.2, 0.25) is 0 Å². The van der Waals surface area contributed by atoms with Gasteiger partial charge in [-0.2, -0.15) is 0 Å². The van der Waals surface area contributed by atoms with Gasteiger partial charge in [0.25, 0.3) is 5.91 Å². The molecule has 0 saturated carbocycles. The molecule has 4 rings (SSSR count). The average Bonchev–Trinajstić information content (AvgIpc) is 3.28. The maximum atomic E-state index is 12.7. The predicted molar refractivity (Wildman–Crippen MR) is 121 cm³/mol. The first-order valence-electron chi connectivity index (χ1n) is 10.7. The van der Waals surface area contributed by atoms with Gasteiger partial charge in [0.15, 0.2) is 6.61 Å². The summed E-state index contributed by atoms with van der Waals surface area (Å²) in [7, 11) is 0. The number of carbonyl (C=O) groups is 2. The minimum atomic E-state index is -0.576. The van der Waals surface area contributed by atoms with Crippen molar-refractivity contribution in [1.29, 1.82) is 0 Å². The number of benzene rings is 2. The third kappa shape index (κ3) is 4.10. The molecule has 2 aromatic carbocycles. The number of nitrogens with zero attached hydrogens (tertiary/aromatic N) is 1. The molecule has 0 bridgehead atoms. The molecule has 1 fully saturated rings. The molecule has 0 aliphatic carbocycles. The maximum Gasteiger partial charge on any atom is 0.340 e. The van der Waals surface area contributed by atoms with Crippen molar-refractivity contribution in [3.05, 3.63) is 75.1 Å². The first kappa shape index (κ1) is 21.6. The highest BCUT2D eigenvalue weighted by molar-refractivity contribution is 5.88. The van der Waals surface area contributed by atoms with E-state index in [0.717, 1.165) is 22.9 Å². The lowest BCUT2D eigenvalue weighted by atomic mass is 9.98. The van der Waals surface area contributed by atoms with E-state index in [4.69, 9.17) is 14.9 Å². The molecule has 2 heterocycles. The molecule has 2 N–H and O–H groups in total. The molecule has 0 radical (unpaired) electrons. The monoisotopic (exact) mass is 434 g/mol. The van der Waals surface area contributed by atoms with Crippen LogP contribution in [-0.2, 0) is 16.0 Å². The highest BCUT2D eigenvalue weighted by Crippen LogP contribution is 2.30. The fraction of sp³-hybridized carbons (Fsp3) is 0.320. The fourth-order valence-electron chi connectivity index (χ4n) is 4.31. The lowest BCUT2D eigenvalue weighted by Gasteiger charge is -2.22. The second-order valence-corrected chi connectivity index (χ2v) is 8.16. The minimum Gasteiger partial charge on any atom is -0.483 e. The topological polar surface area (TPSA) is 103 Å². The summed E-state index contributed by atoms with van der Waals surface area (Å²) in [5.74, 6) is -0.332. The predicted octanol–water partition coefficient (Wildman–Crippen LogP) is 2.86. The van der Waals surface area contributed by atoms with E-state index in [0.29, 0.717) is 41.8 Å². The molecular formula is C25H26N2O5. The summed E-state index contributed by atoms with van der Waals surface area (Å²) >= 11 is 0. The molecule has 7 nitrogen and oxygen atoms in total. The molecule has 1 aliphatic heterocycles. The van der Waals surface area contributed by atoms with Gasteiger partial charge >= 0.3 is 5.63 Å². The van der Waals surface area contributed by atoms with Crippen molar-refractivity contribution >= 4 is 22.8 Å². The number of carbonyl (C=O) groups excluding carboxylic acids is 2. The van der Waals surface area contributed by atoms with Crippen molar-refractivity contribution in [3.63, 3.8) is 0 Å². The number of hydrogen-bond donors (Lipinski definition) is 1. The Bertz CT molecular complexity index is 1230. The van der Waals surface area contributed by atoms with Gasteiger partial charge in [-0.05, 0) is 49.9 Å². The number of rotatable bonds is 6. The van der Waals surface area contributed by atoms with E-state index in [1.54, 1.807) is 13.0 Å². The number of primary amides is 1. The Labute approximate surface area is 185 Å². The van der Waals surface area contributed by atoms with Gasteiger partial charge in [0.2, 0.25) is 5.91 Å². The smallest absolute Gasteiger partial charge is 0.340 e. The zero-order valence-electron chi connectivity index (χ0n) is 18.2. The van der Waals surface area contributed by atoms with Crippen LogP contribution in [0.1, 0.15) is 35.1 Å². The summed E-state index contributed by atoms with van der Waals surface area (Å²) in [6.45, 7) is 3.98. The molecule has 3 aromatic rings. The minimum absolute atomic E-state index is 0.217. The van der Waals surface area contributed by atoms with Crippen molar-refractivity contribution in [2.75, 3.05) is 13.2 Å². The third-order valence-electron chi connectivity index (χ3n) is 6.13. The first-order chi connectivity index (χ1) is 15.4. The largest absolute Gasteiger partial charge is 0.483 e. The fourth-order valence-corrected chi connectivity index (χ4v) is 4.31. The molecule has 2 amide bonds. The van der Waals surface area contributed by atoms with E-state index in [-0.39, 0.29) is 18.1 Å². The number of aryl methyl sites for hydroxylation is 2. The summed E-state index contributed by atoms with van der Waals surface area (Å²) in [6, 6.07) is 12.8. The molecule has 166 valence electrons. The van der Waals surface area contributed by atoms with Gasteiger partial charge in [-0.3, -0.25) is 9.59 Å². The van der Waals surface area contributed by atoms with Crippen molar-refractivity contribution in [3.8, 4) is 5.75 Å². The number of amides is 2. The molecule has 1 atom stereocenters. The van der Waals surface area contributed by atoms with Gasteiger partial charge in [-0.25, -0.2) is 4.79 Å². The van der Waals surface area contributed by atoms with Gasteiger partial charge in [0.1, 0.15) is 17.4 Å². The quantitative estimate of drug-likeness (QED) is 0.601. The Hall–Kier alpha value is -3.61. The Morgan fingerprint density at radius 1 is 1.12 bits per heavy atom. The third-order valence-corrected chi connectivity index (χ3v) is 6.13. The molecule has 32 heavy (non-hydrogen) atoms. The number of fused-ring (bicyclic) bond motifs is 1. The van der Waals surface area contributed by atoms with Gasteiger partial charge in [-0.1, -0.05) is 30.3 Å². The summed E-state index contributed by atoms with van der Waals surface area (Å²) in [4.78, 5) is 38.3. The molecule has 1 aliphatic rings. The van der Waals surface area contributed by atoms with Crippen LogP contribution in [0.5, 0.6) is 5.75 Å². The van der Waals surface area contributed by atoms with Crippen LogP contribution in [0.3, 0.4) is 0 Å². The summed E-state index contributed by atoms with van der Waals surface area (Å²) in [6.07, 6.45) is 1.81. The summed E-state index contributed by atoms with van der Waals surface area (Å²) in [5.41, 5.74) is 8.64. The average molecular weight is 434 g/mol. The van der Waals surface area contributed by atoms with E-state index < -0.39 is 11.9 Å². The summed E-state index contributed by atoms with van der Waals surface area (Å²) < 4.78 is 11.4. The number of likely N-dealkylation sites (tertiary alicyclic amines) is 1. The van der Waals surface area contributed by atoms with Crippen LogP contribution in [0.15, 0.2) is 51.7 Å². The second kappa shape index (κ2) is 8.86. The van der Waals surface area contributed by atoms with Crippen molar-refractivity contribution in [2.24, 2.45) is 5.73 Å². The number of ether oxygens (including phenoxy) is 1. The highest BCUT2D eigenvalue weighted by atomic mass is 16.5. The molecule has 0 spiro atoms. The van der Waals surface area contributed by atoms with E-state index in [2.05, 4.69) is 0 Å². The molecular weight excluding hydrogens is 408 g/mol. The number of nitrogens with two attached hydrogens (primary N) is 1. The van der Waals surface area contributed by atoms with Crippen LogP contribution >= 0.6 is 0 Å². The van der Waals surface area contributed by atoms with Crippen molar-refractivity contribution < 1.29 is 18.7 Å². The lowest BCUT2D eigenvalue weighted by molar-refractivity contribution is -0.138. The van der Waals surface area contributed by atoms with Gasteiger partial charge in [-0.15, -0.1) is 0 Å². The zero-order chi connectivity index (χ0) is 22.8.